The molecule has 2 N–H and O–H groups in total. The Morgan fingerprint density at radius 2 is 1.95 bits per heavy atom. The van der Waals surface area contributed by atoms with Crippen LogP contribution in [0.4, 0.5) is 5.69 Å². The van der Waals surface area contributed by atoms with Gasteiger partial charge in [0.05, 0.1) is 11.9 Å². The molecule has 122 valence electrons. The molecule has 2 amide bonds. The lowest BCUT2D eigenvalue weighted by Crippen LogP contribution is -2.35. The fourth-order valence-electron chi connectivity index (χ4n) is 1.64. The number of nitrogens with one attached hydrogen (secondary N) is 1. The van der Waals surface area contributed by atoms with E-state index in [-0.39, 0.29) is 18.2 Å². The molecule has 0 fully saturated rings. The van der Waals surface area contributed by atoms with E-state index in [1.165, 1.54) is 35.8 Å². The van der Waals surface area contributed by atoms with Crippen molar-refractivity contribution in [2.24, 2.45) is 0 Å². The Morgan fingerprint density at radius 3 is 2.50 bits per heavy atom. The second-order valence-electron chi connectivity index (χ2n) is 5.73. The van der Waals surface area contributed by atoms with Crippen LogP contribution in [0.1, 0.15) is 33.1 Å². The molecule has 0 spiro atoms. The van der Waals surface area contributed by atoms with Gasteiger partial charge in [-0.25, -0.2) is 4.79 Å². The molecule has 0 aliphatic rings. The van der Waals surface area contributed by atoms with Gasteiger partial charge in [-0.1, -0.05) is 0 Å². The van der Waals surface area contributed by atoms with E-state index in [0.29, 0.717) is 18.5 Å². The summed E-state index contributed by atoms with van der Waals surface area (Å²) in [4.78, 5) is 35.8. The van der Waals surface area contributed by atoms with Crippen LogP contribution in [-0.2, 0) is 19.9 Å². The van der Waals surface area contributed by atoms with E-state index in [4.69, 9.17) is 5.11 Å². The van der Waals surface area contributed by atoms with Crippen molar-refractivity contribution in [2.45, 2.75) is 38.6 Å². The van der Waals surface area contributed by atoms with E-state index in [1.54, 1.807) is 14.1 Å². The molecule has 1 rings (SSSR count). The van der Waals surface area contributed by atoms with Crippen LogP contribution in [0.25, 0.3) is 0 Å². The normalized spacial score (nSPS) is 11.1. The largest absolute Gasteiger partial charge is 0.479 e. The second kappa shape index (κ2) is 7.06. The number of nitrogens with zero attached hydrogens (tertiary/aromatic N) is 3. The summed E-state index contributed by atoms with van der Waals surface area (Å²) in [6.07, 6.45) is 3.85. The highest BCUT2D eigenvalue weighted by Crippen LogP contribution is 2.17. The average Bonchev–Trinajstić information content (AvgIpc) is 2.87. The highest BCUT2D eigenvalue weighted by atomic mass is 16.4. The van der Waals surface area contributed by atoms with Gasteiger partial charge in [0.2, 0.25) is 11.8 Å². The number of carbonyl (C=O) groups is 3. The molecule has 8 nitrogen and oxygen atoms in total. The summed E-state index contributed by atoms with van der Waals surface area (Å²) < 4.78 is 1.28. The zero-order valence-corrected chi connectivity index (χ0v) is 13.3. The van der Waals surface area contributed by atoms with Crippen LogP contribution in [-0.4, -0.2) is 51.7 Å². The van der Waals surface area contributed by atoms with Gasteiger partial charge in [-0.15, -0.1) is 0 Å². The number of amides is 2. The number of rotatable bonds is 7. The molecule has 1 aromatic heterocycles. The van der Waals surface area contributed by atoms with Gasteiger partial charge in [0.1, 0.15) is 0 Å². The van der Waals surface area contributed by atoms with E-state index in [1.807, 2.05) is 0 Å². The van der Waals surface area contributed by atoms with Gasteiger partial charge in [-0.2, -0.15) is 5.10 Å². The third kappa shape index (κ3) is 4.57. The Bertz CT molecular complexity index is 563. The first-order chi connectivity index (χ1) is 10.1. The SMILES string of the molecule is CN(C)C(=O)CCCC(=O)Nc1cnn(C(C)(C)C(=O)O)c1. The van der Waals surface area contributed by atoms with Gasteiger partial charge >= 0.3 is 5.97 Å². The molecule has 0 aliphatic carbocycles. The zero-order valence-electron chi connectivity index (χ0n) is 13.3. The van der Waals surface area contributed by atoms with E-state index >= 15 is 0 Å². The summed E-state index contributed by atoms with van der Waals surface area (Å²) in [5, 5.41) is 15.7. The smallest absolute Gasteiger partial charge is 0.331 e. The van der Waals surface area contributed by atoms with Gasteiger partial charge in [0.25, 0.3) is 0 Å². The topological polar surface area (TPSA) is 105 Å². The Labute approximate surface area is 129 Å². The molecule has 22 heavy (non-hydrogen) atoms. The van der Waals surface area contributed by atoms with Crippen molar-refractivity contribution in [1.82, 2.24) is 14.7 Å². The van der Waals surface area contributed by atoms with Crippen molar-refractivity contribution in [3.8, 4) is 0 Å². The number of anilines is 1. The lowest BCUT2D eigenvalue weighted by atomic mass is 10.1. The van der Waals surface area contributed by atoms with Crippen LogP contribution in [0.5, 0.6) is 0 Å². The van der Waals surface area contributed by atoms with Crippen LogP contribution in [0.3, 0.4) is 0 Å². The van der Waals surface area contributed by atoms with Crippen LogP contribution in [0.2, 0.25) is 0 Å². The standard InChI is InChI=1S/C14H22N4O4/c1-14(2,13(21)22)18-9-10(8-15-18)16-11(19)6-5-7-12(20)17(3)4/h8-9H,5-7H2,1-4H3,(H,16,19)(H,21,22). The number of carboxylic acids is 1. The molecule has 0 saturated heterocycles. The quantitative estimate of drug-likeness (QED) is 0.778. The van der Waals surface area contributed by atoms with Gasteiger partial charge in [0, 0.05) is 33.1 Å². The molecule has 8 heteroatoms. The predicted molar refractivity (Wildman–Crippen MR) is 80.4 cm³/mol. The summed E-state index contributed by atoms with van der Waals surface area (Å²) in [6, 6.07) is 0. The van der Waals surface area contributed by atoms with E-state index < -0.39 is 11.5 Å². The van der Waals surface area contributed by atoms with Crippen molar-refractivity contribution in [2.75, 3.05) is 19.4 Å². The Kier molecular flexibility index (Phi) is 5.67. The molecular formula is C14H22N4O4. The number of aromatic nitrogens is 2. The average molecular weight is 310 g/mol. The van der Waals surface area contributed by atoms with E-state index in [0.717, 1.165) is 0 Å². The van der Waals surface area contributed by atoms with E-state index in [2.05, 4.69) is 10.4 Å². The molecule has 1 heterocycles. The van der Waals surface area contributed by atoms with Crippen molar-refractivity contribution < 1.29 is 19.5 Å². The number of carbonyl (C=O) groups excluding carboxylic acids is 2. The van der Waals surface area contributed by atoms with E-state index in [9.17, 15) is 14.4 Å². The molecule has 0 aliphatic heterocycles. The summed E-state index contributed by atoms with van der Waals surface area (Å²) in [6.45, 7) is 3.03. The lowest BCUT2D eigenvalue weighted by molar-refractivity contribution is -0.146. The fourth-order valence-corrected chi connectivity index (χ4v) is 1.64. The lowest BCUT2D eigenvalue weighted by Gasteiger charge is -2.19. The summed E-state index contributed by atoms with van der Waals surface area (Å²) >= 11 is 0. The summed E-state index contributed by atoms with van der Waals surface area (Å²) in [7, 11) is 3.34. The van der Waals surface area contributed by atoms with Crippen molar-refractivity contribution >= 4 is 23.5 Å². The van der Waals surface area contributed by atoms with Gasteiger partial charge in [0.15, 0.2) is 5.54 Å². The number of hydrogen-bond donors (Lipinski definition) is 2. The minimum Gasteiger partial charge on any atom is -0.479 e. The molecule has 0 unspecified atom stereocenters. The fraction of sp³-hybridized carbons (Fsp3) is 0.571. The van der Waals surface area contributed by atoms with Crippen molar-refractivity contribution in [3.05, 3.63) is 12.4 Å². The summed E-state index contributed by atoms with van der Waals surface area (Å²) in [5.41, 5.74) is -0.764. The Morgan fingerprint density at radius 1 is 1.32 bits per heavy atom. The van der Waals surface area contributed by atoms with Gasteiger partial charge in [-0.3, -0.25) is 14.3 Å². The predicted octanol–water partition coefficient (Wildman–Crippen LogP) is 0.900. The number of carboxylic acid groups (broad SMARTS) is 1. The molecular weight excluding hydrogens is 288 g/mol. The second-order valence-corrected chi connectivity index (χ2v) is 5.73. The Balaban J connectivity index is 2.51. The van der Waals surface area contributed by atoms with Crippen molar-refractivity contribution in [1.29, 1.82) is 0 Å². The first-order valence-electron chi connectivity index (χ1n) is 6.93. The van der Waals surface area contributed by atoms with Gasteiger partial charge in [-0.05, 0) is 20.3 Å². The number of hydrogen-bond acceptors (Lipinski definition) is 4. The maximum atomic E-state index is 11.8. The van der Waals surface area contributed by atoms with Crippen LogP contribution < -0.4 is 5.32 Å². The monoisotopic (exact) mass is 310 g/mol. The molecule has 0 radical (unpaired) electrons. The maximum absolute atomic E-state index is 11.8. The van der Waals surface area contributed by atoms with Crippen molar-refractivity contribution in [3.63, 3.8) is 0 Å². The number of aliphatic carboxylic acids is 1. The molecule has 0 aromatic carbocycles. The highest BCUT2D eigenvalue weighted by Gasteiger charge is 2.30. The van der Waals surface area contributed by atoms with Crippen LogP contribution in [0, 0.1) is 0 Å². The highest BCUT2D eigenvalue weighted by molar-refractivity contribution is 5.90. The van der Waals surface area contributed by atoms with Gasteiger partial charge < -0.3 is 15.3 Å². The van der Waals surface area contributed by atoms with Crippen LogP contribution >= 0.6 is 0 Å². The molecule has 0 bridgehead atoms. The van der Waals surface area contributed by atoms with Crippen LogP contribution in [0.15, 0.2) is 12.4 Å². The third-order valence-corrected chi connectivity index (χ3v) is 3.26. The Hall–Kier alpha value is -2.38. The minimum atomic E-state index is -1.19. The summed E-state index contributed by atoms with van der Waals surface area (Å²) in [5.74, 6) is -1.28. The first-order valence-corrected chi connectivity index (χ1v) is 6.93. The molecule has 0 atom stereocenters. The maximum Gasteiger partial charge on any atom is 0.331 e. The first kappa shape index (κ1) is 17.7. The molecule has 0 saturated carbocycles. The molecule has 1 aromatic rings. The zero-order chi connectivity index (χ0) is 16.9. The minimum absolute atomic E-state index is 0.0242. The third-order valence-electron chi connectivity index (χ3n) is 3.26.